The van der Waals surface area contributed by atoms with E-state index in [0.29, 0.717) is 26.2 Å². The van der Waals surface area contributed by atoms with Crippen molar-refractivity contribution in [3.8, 4) is 5.75 Å². The van der Waals surface area contributed by atoms with Crippen LogP contribution in [0.1, 0.15) is 15.9 Å². The van der Waals surface area contributed by atoms with Crippen molar-refractivity contribution in [2.45, 2.75) is 11.1 Å². The highest BCUT2D eigenvalue weighted by Crippen LogP contribution is 2.36. The number of benzene rings is 2. The van der Waals surface area contributed by atoms with Crippen LogP contribution in [0.5, 0.6) is 5.75 Å². The molecule has 0 aliphatic carbocycles. The van der Waals surface area contributed by atoms with Gasteiger partial charge in [-0.25, -0.2) is 13.2 Å². The molecule has 10 heteroatoms. The minimum Gasteiger partial charge on any atom is -0.422 e. The zero-order chi connectivity index (χ0) is 21.2. The topological polar surface area (TPSA) is 66.9 Å². The minimum atomic E-state index is -4.69. The fourth-order valence-electron chi connectivity index (χ4n) is 2.91. The number of hydrogen-bond donors (Lipinski definition) is 0. The number of halogens is 3. The molecule has 3 rings (SSSR count). The summed E-state index contributed by atoms with van der Waals surface area (Å²) in [4.78, 5) is 14.3. The van der Waals surface area contributed by atoms with Crippen molar-refractivity contribution in [2.75, 3.05) is 33.2 Å². The summed E-state index contributed by atoms with van der Waals surface area (Å²) in [6, 6.07) is 9.44. The van der Waals surface area contributed by atoms with Crippen LogP contribution in [0.2, 0.25) is 0 Å². The molecule has 0 bridgehead atoms. The van der Waals surface area contributed by atoms with Crippen molar-refractivity contribution in [3.05, 3.63) is 59.7 Å². The molecule has 1 saturated heterocycles. The van der Waals surface area contributed by atoms with Gasteiger partial charge in [-0.05, 0) is 37.4 Å². The zero-order valence-corrected chi connectivity index (χ0v) is 16.3. The molecular formula is C19H19F3N2O4S. The third-order valence-corrected chi connectivity index (χ3v) is 6.46. The molecule has 2 aromatic carbocycles. The van der Waals surface area contributed by atoms with Crippen molar-refractivity contribution in [3.63, 3.8) is 0 Å². The van der Waals surface area contributed by atoms with Crippen LogP contribution >= 0.6 is 0 Å². The van der Waals surface area contributed by atoms with Crippen molar-refractivity contribution in [1.29, 1.82) is 0 Å². The quantitative estimate of drug-likeness (QED) is 0.554. The molecular weight excluding hydrogens is 409 g/mol. The Morgan fingerprint density at radius 3 is 2.31 bits per heavy atom. The van der Waals surface area contributed by atoms with Gasteiger partial charge < -0.3 is 9.64 Å². The Balaban J connectivity index is 1.84. The van der Waals surface area contributed by atoms with Crippen molar-refractivity contribution in [2.24, 2.45) is 0 Å². The lowest BCUT2D eigenvalue weighted by Gasteiger charge is -2.31. The fourth-order valence-corrected chi connectivity index (χ4v) is 4.38. The van der Waals surface area contributed by atoms with Gasteiger partial charge in [-0.3, -0.25) is 0 Å². The largest absolute Gasteiger partial charge is 0.422 e. The molecule has 6 nitrogen and oxygen atoms in total. The predicted octanol–water partition coefficient (Wildman–Crippen LogP) is 2.86. The van der Waals surface area contributed by atoms with Crippen LogP contribution in [-0.4, -0.2) is 56.8 Å². The van der Waals surface area contributed by atoms with Crippen LogP contribution in [0.4, 0.5) is 13.2 Å². The van der Waals surface area contributed by atoms with E-state index in [2.05, 4.69) is 0 Å². The summed E-state index contributed by atoms with van der Waals surface area (Å²) in [5.41, 5.74) is -1.24. The Bertz CT molecular complexity index is 1000. The number of sulfonamides is 1. The highest BCUT2D eigenvalue weighted by atomic mass is 32.2. The van der Waals surface area contributed by atoms with E-state index < -0.39 is 33.5 Å². The second-order valence-corrected chi connectivity index (χ2v) is 8.56. The third kappa shape index (κ3) is 4.77. The maximum Gasteiger partial charge on any atom is 0.419 e. The number of alkyl halides is 3. The normalized spacial score (nSPS) is 16.6. The van der Waals surface area contributed by atoms with E-state index in [1.807, 2.05) is 11.9 Å². The Hall–Kier alpha value is -2.43. The van der Waals surface area contributed by atoms with Crippen LogP contribution in [0, 0.1) is 0 Å². The smallest absolute Gasteiger partial charge is 0.419 e. The summed E-state index contributed by atoms with van der Waals surface area (Å²) < 4.78 is 71.1. The summed E-state index contributed by atoms with van der Waals surface area (Å²) in [5.74, 6) is -1.71. The average molecular weight is 428 g/mol. The maximum absolute atomic E-state index is 13.1. The van der Waals surface area contributed by atoms with Crippen LogP contribution in [0.15, 0.2) is 53.4 Å². The Labute approximate surface area is 166 Å². The summed E-state index contributed by atoms with van der Waals surface area (Å²) in [7, 11) is -1.94. The number of esters is 1. The summed E-state index contributed by atoms with van der Waals surface area (Å²) in [5, 5.41) is 0. The number of ether oxygens (including phenoxy) is 1. The van der Waals surface area contributed by atoms with E-state index in [0.717, 1.165) is 18.2 Å². The molecule has 1 fully saturated rings. The van der Waals surface area contributed by atoms with Crippen molar-refractivity contribution < 1.29 is 31.1 Å². The first-order valence-electron chi connectivity index (χ1n) is 8.76. The molecule has 0 amide bonds. The van der Waals surface area contributed by atoms with Crippen LogP contribution in [-0.2, 0) is 16.2 Å². The van der Waals surface area contributed by atoms with E-state index in [-0.39, 0.29) is 10.5 Å². The van der Waals surface area contributed by atoms with Crippen LogP contribution in [0.25, 0.3) is 0 Å². The second-order valence-electron chi connectivity index (χ2n) is 6.62. The summed E-state index contributed by atoms with van der Waals surface area (Å²) >= 11 is 0. The number of hydrogen-bond acceptors (Lipinski definition) is 5. The van der Waals surface area contributed by atoms with Gasteiger partial charge in [0.15, 0.2) is 0 Å². The van der Waals surface area contributed by atoms with Gasteiger partial charge in [-0.1, -0.05) is 18.2 Å². The lowest BCUT2D eigenvalue weighted by atomic mass is 10.2. The molecule has 0 saturated carbocycles. The van der Waals surface area contributed by atoms with Crippen LogP contribution < -0.4 is 4.74 Å². The second kappa shape index (κ2) is 8.13. The van der Waals surface area contributed by atoms with E-state index in [1.54, 1.807) is 0 Å². The van der Waals surface area contributed by atoms with Gasteiger partial charge >= 0.3 is 12.1 Å². The first-order valence-corrected chi connectivity index (χ1v) is 10.2. The maximum atomic E-state index is 13.1. The Morgan fingerprint density at radius 1 is 1.00 bits per heavy atom. The SMILES string of the molecule is CN1CCN(S(=O)(=O)c2cccc(C(=O)Oc3ccccc3C(F)(F)F)c2)CC1. The lowest BCUT2D eigenvalue weighted by molar-refractivity contribution is -0.138. The molecule has 1 aliphatic heterocycles. The third-order valence-electron chi connectivity index (χ3n) is 4.56. The van der Waals surface area contributed by atoms with Gasteiger partial charge in [0.1, 0.15) is 5.75 Å². The molecule has 1 aliphatic rings. The number of para-hydroxylation sites is 1. The first-order chi connectivity index (χ1) is 13.6. The molecule has 1 heterocycles. The fraction of sp³-hybridized carbons (Fsp3) is 0.316. The number of nitrogens with zero attached hydrogens (tertiary/aromatic N) is 2. The molecule has 156 valence electrons. The van der Waals surface area contributed by atoms with Gasteiger partial charge in [0.2, 0.25) is 10.0 Å². The standard InChI is InChI=1S/C19H19F3N2O4S/c1-23-9-11-24(12-10-23)29(26,27)15-6-4-5-14(13-15)18(25)28-17-8-3-2-7-16(17)19(20,21)22/h2-8,13H,9-12H2,1H3. The molecule has 0 N–H and O–H groups in total. The number of carbonyl (C=O) groups is 1. The van der Waals surface area contributed by atoms with Crippen molar-refractivity contribution >= 4 is 16.0 Å². The highest BCUT2D eigenvalue weighted by molar-refractivity contribution is 7.89. The number of likely N-dealkylation sites (N-methyl/N-ethyl adjacent to an activating group) is 1. The molecule has 29 heavy (non-hydrogen) atoms. The molecule has 2 aromatic rings. The van der Waals surface area contributed by atoms with E-state index >= 15 is 0 Å². The molecule has 0 spiro atoms. The highest BCUT2D eigenvalue weighted by Gasteiger charge is 2.35. The zero-order valence-electron chi connectivity index (χ0n) is 15.5. The van der Waals surface area contributed by atoms with E-state index in [9.17, 15) is 26.4 Å². The number of carbonyl (C=O) groups excluding carboxylic acids is 1. The molecule has 0 aromatic heterocycles. The molecule has 0 radical (unpaired) electrons. The summed E-state index contributed by atoms with van der Waals surface area (Å²) in [6.07, 6.45) is -4.69. The molecule has 0 unspecified atom stereocenters. The Kier molecular flexibility index (Phi) is 5.97. The van der Waals surface area contributed by atoms with Gasteiger partial charge in [0.25, 0.3) is 0 Å². The van der Waals surface area contributed by atoms with Gasteiger partial charge in [-0.15, -0.1) is 0 Å². The predicted molar refractivity (Wildman–Crippen MR) is 99.1 cm³/mol. The summed E-state index contributed by atoms with van der Waals surface area (Å²) in [6.45, 7) is 1.78. The monoisotopic (exact) mass is 428 g/mol. The average Bonchev–Trinajstić information content (AvgIpc) is 2.68. The van der Waals surface area contributed by atoms with Gasteiger partial charge in [0, 0.05) is 26.2 Å². The van der Waals surface area contributed by atoms with E-state index in [4.69, 9.17) is 4.74 Å². The molecule has 0 atom stereocenters. The Morgan fingerprint density at radius 2 is 1.66 bits per heavy atom. The van der Waals surface area contributed by atoms with Crippen LogP contribution in [0.3, 0.4) is 0 Å². The van der Waals surface area contributed by atoms with E-state index in [1.165, 1.54) is 34.6 Å². The van der Waals surface area contributed by atoms with Gasteiger partial charge in [-0.2, -0.15) is 17.5 Å². The number of rotatable bonds is 4. The number of piperazine rings is 1. The minimum absolute atomic E-state index is 0.111. The lowest BCUT2D eigenvalue weighted by Crippen LogP contribution is -2.47. The van der Waals surface area contributed by atoms with Gasteiger partial charge in [0.05, 0.1) is 16.0 Å². The first kappa shape index (κ1) is 21.3. The van der Waals surface area contributed by atoms with Crippen molar-refractivity contribution in [1.82, 2.24) is 9.21 Å².